The molecule has 2 N–H and O–H groups in total. The third-order valence-electron chi connectivity index (χ3n) is 3.02. The molecular weight excluding hydrogens is 274 g/mol. The van der Waals surface area contributed by atoms with Crippen LogP contribution in [-0.2, 0) is 9.59 Å². The van der Waals surface area contributed by atoms with E-state index in [0.29, 0.717) is 23.4 Å². The van der Waals surface area contributed by atoms with Crippen molar-refractivity contribution in [3.05, 3.63) is 16.9 Å². The van der Waals surface area contributed by atoms with Gasteiger partial charge in [-0.25, -0.2) is 0 Å². The van der Waals surface area contributed by atoms with E-state index in [4.69, 9.17) is 14.8 Å². The van der Waals surface area contributed by atoms with Crippen LogP contribution in [0.15, 0.2) is 4.42 Å². The van der Waals surface area contributed by atoms with Crippen molar-refractivity contribution in [1.29, 1.82) is 5.26 Å². The van der Waals surface area contributed by atoms with E-state index in [1.54, 1.807) is 13.8 Å². The second-order valence-corrected chi connectivity index (χ2v) is 4.75. The molecule has 1 aromatic rings. The number of rotatable bonds is 7. The summed E-state index contributed by atoms with van der Waals surface area (Å²) in [4.78, 5) is 24.2. The molecule has 0 fully saturated rings. The van der Waals surface area contributed by atoms with Crippen LogP contribution < -0.4 is 5.32 Å². The molecule has 0 aliphatic carbocycles. The number of carbonyl (C=O) groups is 2. The van der Waals surface area contributed by atoms with Crippen LogP contribution in [0.2, 0.25) is 0 Å². The van der Waals surface area contributed by atoms with Crippen molar-refractivity contribution in [3.8, 4) is 6.07 Å². The lowest BCUT2D eigenvalue weighted by Crippen LogP contribution is -2.37. The molecule has 0 spiro atoms. The number of hydrogen-bond acceptors (Lipinski definition) is 5. The highest BCUT2D eigenvalue weighted by molar-refractivity contribution is 5.92. The lowest BCUT2D eigenvalue weighted by atomic mass is 10.2. The molecule has 0 saturated carbocycles. The van der Waals surface area contributed by atoms with Gasteiger partial charge in [0.05, 0.1) is 13.1 Å². The summed E-state index contributed by atoms with van der Waals surface area (Å²) in [6.45, 7) is 5.58. The smallest absolute Gasteiger partial charge is 0.317 e. The van der Waals surface area contributed by atoms with E-state index in [2.05, 4.69) is 5.32 Å². The van der Waals surface area contributed by atoms with Crippen molar-refractivity contribution in [2.45, 2.75) is 27.2 Å². The third kappa shape index (κ3) is 4.61. The number of anilines is 1. The number of nitriles is 1. The number of aryl methyl sites for hydroxylation is 1. The number of carboxylic acid groups (broad SMARTS) is 1. The van der Waals surface area contributed by atoms with Crippen LogP contribution in [-0.4, -0.2) is 41.5 Å². The Morgan fingerprint density at radius 2 is 2.05 bits per heavy atom. The highest BCUT2D eigenvalue weighted by Gasteiger charge is 2.18. The van der Waals surface area contributed by atoms with Gasteiger partial charge in [0.2, 0.25) is 11.8 Å². The van der Waals surface area contributed by atoms with E-state index in [0.717, 1.165) is 6.42 Å². The Morgan fingerprint density at radius 3 is 2.57 bits per heavy atom. The van der Waals surface area contributed by atoms with Gasteiger partial charge in [-0.1, -0.05) is 6.92 Å². The van der Waals surface area contributed by atoms with Gasteiger partial charge in [0.1, 0.15) is 17.4 Å². The van der Waals surface area contributed by atoms with Gasteiger partial charge < -0.3 is 9.52 Å². The molecule has 0 unspecified atom stereocenters. The van der Waals surface area contributed by atoms with Crippen LogP contribution in [0.3, 0.4) is 0 Å². The highest BCUT2D eigenvalue weighted by Crippen LogP contribution is 2.25. The van der Waals surface area contributed by atoms with Crippen molar-refractivity contribution in [2.24, 2.45) is 0 Å². The summed E-state index contributed by atoms with van der Waals surface area (Å²) in [5.41, 5.74) is 0.977. The third-order valence-corrected chi connectivity index (χ3v) is 3.02. The largest absolute Gasteiger partial charge is 0.480 e. The molecule has 0 bridgehead atoms. The molecule has 1 rings (SSSR count). The average Bonchev–Trinajstić information content (AvgIpc) is 2.63. The molecule has 0 aromatic carbocycles. The predicted molar refractivity (Wildman–Crippen MR) is 75.9 cm³/mol. The van der Waals surface area contributed by atoms with Gasteiger partial charge >= 0.3 is 5.97 Å². The van der Waals surface area contributed by atoms with Gasteiger partial charge in [0.15, 0.2) is 0 Å². The van der Waals surface area contributed by atoms with Crippen LogP contribution in [0.25, 0.3) is 0 Å². The van der Waals surface area contributed by atoms with Crippen LogP contribution in [0.5, 0.6) is 0 Å². The average molecular weight is 293 g/mol. The first-order valence-electron chi connectivity index (χ1n) is 6.63. The number of nitrogens with one attached hydrogen (secondary N) is 1. The minimum atomic E-state index is -0.987. The standard InChI is InChI=1S/C14H19N3O4/c1-4-5-17(8-13(19)20)7-12(18)16-14-11(6-15)9(2)10(3)21-14/h4-5,7-8H2,1-3H3,(H,16,18)(H,19,20). The predicted octanol–water partition coefficient (Wildman–Crippen LogP) is 1.50. The van der Waals surface area contributed by atoms with E-state index < -0.39 is 11.9 Å². The molecule has 114 valence electrons. The fourth-order valence-corrected chi connectivity index (χ4v) is 1.94. The zero-order valence-corrected chi connectivity index (χ0v) is 12.4. The molecule has 1 aromatic heterocycles. The molecule has 1 amide bonds. The first-order valence-corrected chi connectivity index (χ1v) is 6.63. The Bertz CT molecular complexity index is 572. The molecular formula is C14H19N3O4. The van der Waals surface area contributed by atoms with Crippen molar-refractivity contribution < 1.29 is 19.1 Å². The van der Waals surface area contributed by atoms with Gasteiger partial charge in [0.25, 0.3) is 0 Å². The second kappa shape index (κ2) is 7.45. The minimum absolute atomic E-state index is 0.0657. The van der Waals surface area contributed by atoms with E-state index >= 15 is 0 Å². The van der Waals surface area contributed by atoms with Crippen molar-refractivity contribution in [1.82, 2.24) is 4.90 Å². The maximum Gasteiger partial charge on any atom is 0.317 e. The molecule has 7 nitrogen and oxygen atoms in total. The summed E-state index contributed by atoms with van der Waals surface area (Å²) in [5.74, 6) is -0.712. The summed E-state index contributed by atoms with van der Waals surface area (Å²) >= 11 is 0. The summed E-state index contributed by atoms with van der Waals surface area (Å²) in [6, 6.07) is 1.98. The number of amides is 1. The zero-order valence-electron chi connectivity index (χ0n) is 12.4. The van der Waals surface area contributed by atoms with Crippen LogP contribution in [0.1, 0.15) is 30.2 Å². The molecule has 0 aliphatic rings. The minimum Gasteiger partial charge on any atom is -0.480 e. The number of nitrogens with zero attached hydrogens (tertiary/aromatic N) is 2. The van der Waals surface area contributed by atoms with Gasteiger partial charge in [-0.3, -0.25) is 19.8 Å². The first-order chi connectivity index (χ1) is 9.88. The van der Waals surface area contributed by atoms with Gasteiger partial charge in [-0.2, -0.15) is 5.26 Å². The Morgan fingerprint density at radius 1 is 1.38 bits per heavy atom. The molecule has 0 saturated heterocycles. The summed E-state index contributed by atoms with van der Waals surface area (Å²) in [7, 11) is 0. The van der Waals surface area contributed by atoms with Crippen molar-refractivity contribution in [2.75, 3.05) is 25.0 Å². The molecule has 0 atom stereocenters. The van der Waals surface area contributed by atoms with Gasteiger partial charge in [-0.05, 0) is 26.8 Å². The first kappa shape index (κ1) is 16.7. The molecule has 0 aliphatic heterocycles. The fraction of sp³-hybridized carbons (Fsp3) is 0.500. The van der Waals surface area contributed by atoms with Crippen molar-refractivity contribution >= 4 is 17.8 Å². The SMILES string of the molecule is CCCN(CC(=O)O)CC(=O)Nc1oc(C)c(C)c1C#N. The maximum atomic E-state index is 12.0. The maximum absolute atomic E-state index is 12.0. The van der Waals surface area contributed by atoms with E-state index in [9.17, 15) is 9.59 Å². The number of carbonyl (C=O) groups excluding carboxylic acids is 1. The quantitative estimate of drug-likeness (QED) is 0.789. The van der Waals surface area contributed by atoms with Gasteiger partial charge in [0, 0.05) is 5.56 Å². The molecule has 1 heterocycles. The summed E-state index contributed by atoms with van der Waals surface area (Å²) in [6.07, 6.45) is 0.739. The van der Waals surface area contributed by atoms with E-state index in [1.165, 1.54) is 4.90 Å². The Labute approximate surface area is 123 Å². The van der Waals surface area contributed by atoms with Crippen LogP contribution in [0.4, 0.5) is 5.88 Å². The Kier molecular flexibility index (Phi) is 5.93. The monoisotopic (exact) mass is 293 g/mol. The molecule has 21 heavy (non-hydrogen) atoms. The number of hydrogen-bond donors (Lipinski definition) is 2. The number of aliphatic carboxylic acids is 1. The Balaban J connectivity index is 2.74. The van der Waals surface area contributed by atoms with Gasteiger partial charge in [-0.15, -0.1) is 0 Å². The van der Waals surface area contributed by atoms with Crippen LogP contribution in [0, 0.1) is 25.2 Å². The van der Waals surface area contributed by atoms with E-state index in [-0.39, 0.29) is 19.0 Å². The number of carboxylic acids is 1. The topological polar surface area (TPSA) is 107 Å². The lowest BCUT2D eigenvalue weighted by Gasteiger charge is -2.18. The van der Waals surface area contributed by atoms with Crippen LogP contribution >= 0.6 is 0 Å². The van der Waals surface area contributed by atoms with E-state index in [1.807, 2.05) is 13.0 Å². The normalized spacial score (nSPS) is 10.4. The lowest BCUT2D eigenvalue weighted by molar-refractivity contribution is -0.138. The molecule has 0 radical (unpaired) electrons. The highest BCUT2D eigenvalue weighted by atomic mass is 16.4. The zero-order chi connectivity index (χ0) is 16.0. The number of furan rings is 1. The molecule has 7 heteroatoms. The Hall–Kier alpha value is -2.33. The second-order valence-electron chi connectivity index (χ2n) is 4.75. The summed E-state index contributed by atoms with van der Waals surface area (Å²) < 4.78 is 5.34. The fourth-order valence-electron chi connectivity index (χ4n) is 1.94. The summed E-state index contributed by atoms with van der Waals surface area (Å²) in [5, 5.41) is 20.4. The van der Waals surface area contributed by atoms with Crippen molar-refractivity contribution in [3.63, 3.8) is 0 Å².